The number of likely N-dealkylation sites (tertiary alicyclic amines) is 1. The van der Waals surface area contributed by atoms with Gasteiger partial charge in [0, 0.05) is 6.54 Å². The SMILES string of the molecule is O=C(O)C1CCCCN1CC1(O)CCCC1. The fraction of sp³-hybridized carbons (Fsp3) is 0.917. The molecule has 0 aromatic heterocycles. The molecule has 92 valence electrons. The summed E-state index contributed by atoms with van der Waals surface area (Å²) in [6.45, 7) is 1.36. The van der Waals surface area contributed by atoms with E-state index in [1.807, 2.05) is 4.90 Å². The lowest BCUT2D eigenvalue weighted by atomic mass is 9.96. The van der Waals surface area contributed by atoms with Gasteiger partial charge in [0.25, 0.3) is 0 Å². The Hall–Kier alpha value is -0.610. The van der Waals surface area contributed by atoms with Crippen molar-refractivity contribution in [1.82, 2.24) is 4.90 Å². The average molecular weight is 227 g/mol. The highest BCUT2D eigenvalue weighted by atomic mass is 16.4. The molecule has 0 bridgehead atoms. The Kier molecular flexibility index (Phi) is 3.50. The number of rotatable bonds is 3. The predicted molar refractivity (Wildman–Crippen MR) is 60.3 cm³/mol. The molecule has 16 heavy (non-hydrogen) atoms. The van der Waals surface area contributed by atoms with Crippen molar-refractivity contribution < 1.29 is 15.0 Å². The molecule has 0 spiro atoms. The normalized spacial score (nSPS) is 30.4. The van der Waals surface area contributed by atoms with Gasteiger partial charge in [0.1, 0.15) is 6.04 Å². The number of aliphatic carboxylic acids is 1. The summed E-state index contributed by atoms with van der Waals surface area (Å²) in [5.41, 5.74) is -0.620. The summed E-state index contributed by atoms with van der Waals surface area (Å²) < 4.78 is 0. The second-order valence-electron chi connectivity index (χ2n) is 5.25. The molecule has 0 aromatic rings. The maximum Gasteiger partial charge on any atom is 0.320 e. The topological polar surface area (TPSA) is 60.8 Å². The van der Waals surface area contributed by atoms with Crippen molar-refractivity contribution in [2.24, 2.45) is 0 Å². The Bertz CT molecular complexity index is 261. The van der Waals surface area contributed by atoms with Crippen molar-refractivity contribution in [2.75, 3.05) is 13.1 Å². The monoisotopic (exact) mass is 227 g/mol. The maximum absolute atomic E-state index is 11.1. The molecular weight excluding hydrogens is 206 g/mol. The fourth-order valence-electron chi connectivity index (χ4n) is 3.03. The average Bonchev–Trinajstić information content (AvgIpc) is 2.65. The standard InChI is InChI=1S/C12H21NO3/c14-11(15)10-5-1-4-8-13(10)9-12(16)6-2-3-7-12/h10,16H,1-9H2,(H,14,15). The molecule has 2 fully saturated rings. The van der Waals surface area contributed by atoms with Gasteiger partial charge in [-0.1, -0.05) is 19.3 Å². The molecule has 2 N–H and O–H groups in total. The lowest BCUT2D eigenvalue weighted by Gasteiger charge is -2.37. The van der Waals surface area contributed by atoms with Crippen LogP contribution in [0.5, 0.6) is 0 Å². The number of carbonyl (C=O) groups is 1. The molecule has 1 saturated carbocycles. The molecule has 4 heteroatoms. The molecule has 1 unspecified atom stereocenters. The summed E-state index contributed by atoms with van der Waals surface area (Å²) in [7, 11) is 0. The molecule has 1 saturated heterocycles. The van der Waals surface area contributed by atoms with Gasteiger partial charge in [-0.3, -0.25) is 9.69 Å². The minimum atomic E-state index is -0.735. The zero-order valence-electron chi connectivity index (χ0n) is 9.69. The molecule has 1 aliphatic carbocycles. The Labute approximate surface area is 96.3 Å². The van der Waals surface area contributed by atoms with E-state index in [4.69, 9.17) is 5.11 Å². The Morgan fingerprint density at radius 2 is 1.94 bits per heavy atom. The van der Waals surface area contributed by atoms with E-state index in [0.29, 0.717) is 6.54 Å². The van der Waals surface area contributed by atoms with Gasteiger partial charge in [-0.05, 0) is 32.2 Å². The third kappa shape index (κ3) is 2.55. The number of β-amino-alcohol motifs (C(OH)–C–C–N with tert-alkyl or cyclic N) is 1. The smallest absolute Gasteiger partial charge is 0.320 e. The van der Waals surface area contributed by atoms with Crippen molar-refractivity contribution in [1.29, 1.82) is 0 Å². The highest BCUT2D eigenvalue weighted by Crippen LogP contribution is 2.32. The van der Waals surface area contributed by atoms with Crippen molar-refractivity contribution in [3.05, 3.63) is 0 Å². The molecule has 2 aliphatic rings. The summed E-state index contributed by atoms with van der Waals surface area (Å²) >= 11 is 0. The van der Waals surface area contributed by atoms with Crippen molar-refractivity contribution in [3.63, 3.8) is 0 Å². The first kappa shape index (κ1) is 11.9. The number of carboxylic acid groups (broad SMARTS) is 1. The van der Waals surface area contributed by atoms with Crippen LogP contribution in [0.25, 0.3) is 0 Å². The number of nitrogens with zero attached hydrogens (tertiary/aromatic N) is 1. The first-order valence-electron chi connectivity index (χ1n) is 6.30. The summed E-state index contributed by atoms with van der Waals surface area (Å²) in [4.78, 5) is 13.1. The van der Waals surface area contributed by atoms with Crippen LogP contribution in [0.2, 0.25) is 0 Å². The zero-order valence-corrected chi connectivity index (χ0v) is 9.69. The molecule has 0 aromatic carbocycles. The summed E-state index contributed by atoms with van der Waals surface area (Å²) in [5.74, 6) is -0.735. The molecule has 0 amide bonds. The number of piperidine rings is 1. The zero-order chi connectivity index (χ0) is 11.6. The molecule has 0 radical (unpaired) electrons. The third-order valence-electron chi connectivity index (χ3n) is 3.93. The van der Waals surface area contributed by atoms with Gasteiger partial charge in [-0.2, -0.15) is 0 Å². The molecule has 1 aliphatic heterocycles. The van der Waals surface area contributed by atoms with Gasteiger partial charge >= 0.3 is 5.97 Å². The third-order valence-corrected chi connectivity index (χ3v) is 3.93. The minimum Gasteiger partial charge on any atom is -0.480 e. The van der Waals surface area contributed by atoms with E-state index in [2.05, 4.69) is 0 Å². The summed E-state index contributed by atoms with van der Waals surface area (Å²) in [5, 5.41) is 19.5. The van der Waals surface area contributed by atoms with E-state index in [-0.39, 0.29) is 6.04 Å². The van der Waals surface area contributed by atoms with E-state index in [1.165, 1.54) is 0 Å². The molecule has 1 heterocycles. The largest absolute Gasteiger partial charge is 0.480 e. The fourth-order valence-corrected chi connectivity index (χ4v) is 3.03. The van der Waals surface area contributed by atoms with Gasteiger partial charge < -0.3 is 10.2 Å². The van der Waals surface area contributed by atoms with E-state index in [9.17, 15) is 9.90 Å². The second kappa shape index (κ2) is 4.72. The van der Waals surface area contributed by atoms with E-state index in [0.717, 1.165) is 51.5 Å². The number of hydrogen-bond donors (Lipinski definition) is 2. The first-order valence-corrected chi connectivity index (χ1v) is 6.30. The molecule has 2 rings (SSSR count). The predicted octanol–water partition coefficient (Wildman–Crippen LogP) is 1.23. The van der Waals surface area contributed by atoms with Crippen LogP contribution >= 0.6 is 0 Å². The molecule has 1 atom stereocenters. The van der Waals surface area contributed by atoms with Gasteiger partial charge in [0.15, 0.2) is 0 Å². The quantitative estimate of drug-likeness (QED) is 0.761. The van der Waals surface area contributed by atoms with E-state index in [1.54, 1.807) is 0 Å². The maximum atomic E-state index is 11.1. The van der Waals surface area contributed by atoms with Crippen LogP contribution in [-0.4, -0.2) is 45.8 Å². The Morgan fingerprint density at radius 1 is 1.25 bits per heavy atom. The Morgan fingerprint density at radius 3 is 2.56 bits per heavy atom. The minimum absolute atomic E-state index is 0.377. The van der Waals surface area contributed by atoms with Crippen LogP contribution in [0.4, 0.5) is 0 Å². The van der Waals surface area contributed by atoms with Gasteiger partial charge in [-0.15, -0.1) is 0 Å². The Balaban J connectivity index is 1.98. The van der Waals surface area contributed by atoms with Gasteiger partial charge in [0.05, 0.1) is 5.60 Å². The highest BCUT2D eigenvalue weighted by Gasteiger charge is 2.37. The number of hydrogen-bond acceptors (Lipinski definition) is 3. The van der Waals surface area contributed by atoms with Crippen molar-refractivity contribution >= 4 is 5.97 Å². The van der Waals surface area contributed by atoms with Crippen molar-refractivity contribution in [3.8, 4) is 0 Å². The van der Waals surface area contributed by atoms with E-state index < -0.39 is 11.6 Å². The van der Waals surface area contributed by atoms with E-state index >= 15 is 0 Å². The van der Waals surface area contributed by atoms with Crippen molar-refractivity contribution in [2.45, 2.75) is 56.6 Å². The van der Waals surface area contributed by atoms with Crippen LogP contribution in [0.1, 0.15) is 44.9 Å². The summed E-state index contributed by atoms with van der Waals surface area (Å²) in [6, 6.07) is -0.377. The highest BCUT2D eigenvalue weighted by molar-refractivity contribution is 5.73. The molecular formula is C12H21NO3. The number of aliphatic hydroxyl groups is 1. The first-order chi connectivity index (χ1) is 7.61. The lowest BCUT2D eigenvalue weighted by molar-refractivity contribution is -0.146. The van der Waals surface area contributed by atoms with Gasteiger partial charge in [-0.25, -0.2) is 0 Å². The molecule has 4 nitrogen and oxygen atoms in total. The number of carboxylic acids is 1. The van der Waals surface area contributed by atoms with Crippen LogP contribution in [0.3, 0.4) is 0 Å². The second-order valence-corrected chi connectivity index (χ2v) is 5.25. The van der Waals surface area contributed by atoms with Crippen LogP contribution in [0, 0.1) is 0 Å². The van der Waals surface area contributed by atoms with Crippen LogP contribution in [-0.2, 0) is 4.79 Å². The van der Waals surface area contributed by atoms with Crippen LogP contribution < -0.4 is 0 Å². The van der Waals surface area contributed by atoms with Gasteiger partial charge in [0.2, 0.25) is 0 Å². The lowest BCUT2D eigenvalue weighted by Crippen LogP contribution is -2.51. The summed E-state index contributed by atoms with van der Waals surface area (Å²) in [6.07, 6.45) is 6.58. The van der Waals surface area contributed by atoms with Crippen LogP contribution in [0.15, 0.2) is 0 Å².